The fraction of sp³-hybridized carbons (Fsp3) is 0.368. The number of anilines is 3. The summed E-state index contributed by atoms with van der Waals surface area (Å²) in [7, 11) is 2.06. The number of rotatable bonds is 3. The highest BCUT2D eigenvalue weighted by Crippen LogP contribution is 2.30. The lowest BCUT2D eigenvalue weighted by atomic mass is 10.0. The number of nitrogens with zero attached hydrogens (tertiary/aromatic N) is 3. The molecule has 0 spiro atoms. The van der Waals surface area contributed by atoms with Crippen molar-refractivity contribution in [2.24, 2.45) is 0 Å². The Morgan fingerprint density at radius 1 is 1.20 bits per heavy atom. The summed E-state index contributed by atoms with van der Waals surface area (Å²) >= 11 is 6.06. The third-order valence-electron chi connectivity index (χ3n) is 3.87. The van der Waals surface area contributed by atoms with Gasteiger partial charge >= 0.3 is 0 Å². The van der Waals surface area contributed by atoms with Gasteiger partial charge in [-0.2, -0.15) is 0 Å². The monoisotopic (exact) mass is 357 g/mol. The molecule has 6 heteroatoms. The van der Waals surface area contributed by atoms with Crippen molar-refractivity contribution in [2.75, 3.05) is 17.7 Å². The van der Waals surface area contributed by atoms with Crippen molar-refractivity contribution in [1.29, 1.82) is 0 Å². The minimum atomic E-state index is -0.0752. The van der Waals surface area contributed by atoms with Gasteiger partial charge in [0, 0.05) is 30.9 Å². The molecule has 3 heterocycles. The Kier molecular flexibility index (Phi) is 4.60. The van der Waals surface area contributed by atoms with E-state index < -0.39 is 0 Å². The largest absolute Gasteiger partial charge is 0.376 e. The van der Waals surface area contributed by atoms with Gasteiger partial charge in [-0.05, 0) is 63.2 Å². The van der Waals surface area contributed by atoms with E-state index in [2.05, 4.69) is 66.7 Å². The van der Waals surface area contributed by atoms with Crippen LogP contribution >= 0.6 is 11.6 Å². The van der Waals surface area contributed by atoms with E-state index in [0.717, 1.165) is 35.1 Å². The molecule has 25 heavy (non-hydrogen) atoms. The van der Waals surface area contributed by atoms with Crippen LogP contribution in [0.5, 0.6) is 0 Å². The van der Waals surface area contributed by atoms with E-state index in [0.29, 0.717) is 5.02 Å². The van der Waals surface area contributed by atoms with Crippen LogP contribution < -0.4 is 10.6 Å². The second-order valence-electron chi connectivity index (χ2n) is 7.47. The van der Waals surface area contributed by atoms with Crippen molar-refractivity contribution in [2.45, 2.75) is 39.8 Å². The van der Waals surface area contributed by atoms with Gasteiger partial charge in [-0.1, -0.05) is 11.6 Å². The summed E-state index contributed by atoms with van der Waals surface area (Å²) in [6, 6.07) is 3.97. The zero-order valence-corrected chi connectivity index (χ0v) is 16.1. The zero-order valence-electron chi connectivity index (χ0n) is 15.3. The van der Waals surface area contributed by atoms with Gasteiger partial charge in [0.05, 0.1) is 5.02 Å². The molecular formula is C19H24ClN5. The molecule has 2 aromatic heterocycles. The molecule has 2 N–H and O–H groups in total. The van der Waals surface area contributed by atoms with Crippen LogP contribution in [0.25, 0.3) is 6.08 Å². The van der Waals surface area contributed by atoms with E-state index in [-0.39, 0.29) is 5.54 Å². The first-order valence-electron chi connectivity index (χ1n) is 8.31. The highest BCUT2D eigenvalue weighted by Gasteiger charge is 2.19. The Hall–Kier alpha value is -2.27. The second-order valence-corrected chi connectivity index (χ2v) is 7.88. The Labute approximate surface area is 154 Å². The maximum Gasteiger partial charge on any atom is 0.134 e. The van der Waals surface area contributed by atoms with Gasteiger partial charge in [0.1, 0.15) is 17.5 Å². The Morgan fingerprint density at radius 3 is 2.64 bits per heavy atom. The lowest BCUT2D eigenvalue weighted by Gasteiger charge is -2.28. The minimum absolute atomic E-state index is 0.0752. The first kappa shape index (κ1) is 17.5. The van der Waals surface area contributed by atoms with Crippen molar-refractivity contribution in [3.8, 4) is 0 Å². The van der Waals surface area contributed by atoms with E-state index in [1.165, 1.54) is 5.56 Å². The number of aryl methyl sites for hydroxylation is 1. The summed E-state index contributed by atoms with van der Waals surface area (Å²) in [5, 5.41) is 7.47. The smallest absolute Gasteiger partial charge is 0.134 e. The number of halogens is 1. The molecule has 5 nitrogen and oxygen atoms in total. The molecule has 0 saturated carbocycles. The predicted octanol–water partition coefficient (Wildman–Crippen LogP) is 4.81. The lowest BCUT2D eigenvalue weighted by molar-refractivity contribution is 0.447. The first-order valence-corrected chi connectivity index (χ1v) is 8.69. The summed E-state index contributed by atoms with van der Waals surface area (Å²) in [5.74, 6) is 2.39. The van der Waals surface area contributed by atoms with Gasteiger partial charge in [-0.15, -0.1) is 0 Å². The molecule has 0 saturated heterocycles. The Bertz CT molecular complexity index is 823. The molecule has 0 unspecified atom stereocenters. The van der Waals surface area contributed by atoms with Crippen LogP contribution in [-0.2, 0) is 6.54 Å². The standard InChI is InChI=1S/C19H24ClN5/c1-12-8-16(21-10-15(12)20)22-17-9-13-6-7-25(5)11-14(13)18(23-17)24-19(2,3)4/h6-10H,11H2,1-5H3,(H2,21,22,23,24). The number of pyridine rings is 2. The highest BCUT2D eigenvalue weighted by molar-refractivity contribution is 6.31. The number of aromatic nitrogens is 2. The van der Waals surface area contributed by atoms with E-state index >= 15 is 0 Å². The first-order chi connectivity index (χ1) is 11.7. The van der Waals surface area contributed by atoms with Crippen molar-refractivity contribution in [3.05, 3.63) is 46.2 Å². The van der Waals surface area contributed by atoms with Crippen molar-refractivity contribution >= 4 is 35.1 Å². The lowest BCUT2D eigenvalue weighted by Crippen LogP contribution is -2.29. The fourth-order valence-electron chi connectivity index (χ4n) is 2.68. The van der Waals surface area contributed by atoms with Crippen molar-refractivity contribution < 1.29 is 0 Å². The van der Waals surface area contributed by atoms with Crippen LogP contribution in [-0.4, -0.2) is 27.5 Å². The zero-order chi connectivity index (χ0) is 18.2. The number of hydrogen-bond donors (Lipinski definition) is 2. The SMILES string of the molecule is Cc1cc(Nc2cc3c(c(NC(C)(C)C)n2)CN(C)C=C3)ncc1Cl. The average Bonchev–Trinajstić information content (AvgIpc) is 2.50. The molecule has 0 radical (unpaired) electrons. The molecule has 1 aliphatic rings. The maximum absolute atomic E-state index is 6.06. The molecule has 0 aliphatic carbocycles. The summed E-state index contributed by atoms with van der Waals surface area (Å²) in [6.07, 6.45) is 5.85. The van der Waals surface area contributed by atoms with Gasteiger partial charge in [-0.25, -0.2) is 9.97 Å². The molecule has 0 bridgehead atoms. The van der Waals surface area contributed by atoms with Crippen molar-refractivity contribution in [3.63, 3.8) is 0 Å². The van der Waals surface area contributed by atoms with Gasteiger partial charge in [0.2, 0.25) is 0 Å². The predicted molar refractivity (Wildman–Crippen MR) is 105 cm³/mol. The van der Waals surface area contributed by atoms with Crippen LogP contribution in [0.4, 0.5) is 17.5 Å². The summed E-state index contributed by atoms with van der Waals surface area (Å²) in [4.78, 5) is 11.3. The normalized spacial score (nSPS) is 13.6. The van der Waals surface area contributed by atoms with Crippen molar-refractivity contribution in [1.82, 2.24) is 14.9 Å². The molecule has 0 fully saturated rings. The summed E-state index contributed by atoms with van der Waals surface area (Å²) in [5.41, 5.74) is 3.26. The van der Waals surface area contributed by atoms with E-state index in [9.17, 15) is 0 Å². The quantitative estimate of drug-likeness (QED) is 0.825. The maximum atomic E-state index is 6.06. The summed E-state index contributed by atoms with van der Waals surface area (Å²) < 4.78 is 0. The molecule has 3 rings (SSSR count). The molecule has 0 atom stereocenters. The molecule has 2 aromatic rings. The number of hydrogen-bond acceptors (Lipinski definition) is 5. The van der Waals surface area contributed by atoms with Gasteiger partial charge in [0.25, 0.3) is 0 Å². The number of nitrogens with one attached hydrogen (secondary N) is 2. The highest BCUT2D eigenvalue weighted by atomic mass is 35.5. The molecule has 0 aromatic carbocycles. The molecule has 1 aliphatic heterocycles. The third-order valence-corrected chi connectivity index (χ3v) is 4.27. The number of fused-ring (bicyclic) bond motifs is 1. The van der Waals surface area contributed by atoms with Crippen LogP contribution in [0, 0.1) is 6.92 Å². The van der Waals surface area contributed by atoms with Gasteiger partial charge in [-0.3, -0.25) is 0 Å². The van der Waals surface area contributed by atoms with Crippen LogP contribution in [0.3, 0.4) is 0 Å². The van der Waals surface area contributed by atoms with Gasteiger partial charge in [0.15, 0.2) is 0 Å². The topological polar surface area (TPSA) is 53.1 Å². The molecule has 132 valence electrons. The van der Waals surface area contributed by atoms with Crippen LogP contribution in [0.2, 0.25) is 5.02 Å². The Morgan fingerprint density at radius 2 is 1.96 bits per heavy atom. The molecular weight excluding hydrogens is 334 g/mol. The van der Waals surface area contributed by atoms with Crippen LogP contribution in [0.1, 0.15) is 37.5 Å². The van der Waals surface area contributed by atoms with E-state index in [1.807, 2.05) is 13.0 Å². The van der Waals surface area contributed by atoms with Gasteiger partial charge < -0.3 is 15.5 Å². The van der Waals surface area contributed by atoms with E-state index in [4.69, 9.17) is 16.6 Å². The minimum Gasteiger partial charge on any atom is -0.376 e. The summed E-state index contributed by atoms with van der Waals surface area (Å²) in [6.45, 7) is 9.19. The van der Waals surface area contributed by atoms with Crippen LogP contribution in [0.15, 0.2) is 24.5 Å². The third kappa shape index (κ3) is 4.23. The average molecular weight is 358 g/mol. The fourth-order valence-corrected chi connectivity index (χ4v) is 2.78. The molecule has 0 amide bonds. The second kappa shape index (κ2) is 6.56. The van der Waals surface area contributed by atoms with E-state index in [1.54, 1.807) is 6.20 Å². The Balaban J connectivity index is 1.99.